The fourth-order valence-corrected chi connectivity index (χ4v) is 2.65. The zero-order valence-corrected chi connectivity index (χ0v) is 11.6. The molecule has 0 aromatic carbocycles. The quantitative estimate of drug-likeness (QED) is 0.828. The van der Waals surface area contributed by atoms with Gasteiger partial charge < -0.3 is 15.4 Å². The Kier molecular flexibility index (Phi) is 4.59. The standard InChI is InChI=1S/C13H21F3N2O2/c1-12(7-17-8-12)20-6-11(19)18-10-4-2-9(3-5-10)13(14,15)16/h9-10,17H,2-8H2,1H3,(H,18,19). The third-order valence-electron chi connectivity index (χ3n) is 4.10. The van der Waals surface area contributed by atoms with E-state index in [1.54, 1.807) is 0 Å². The summed E-state index contributed by atoms with van der Waals surface area (Å²) in [5.41, 5.74) is -0.286. The lowest BCUT2D eigenvalue weighted by Gasteiger charge is -2.39. The van der Waals surface area contributed by atoms with Crippen molar-refractivity contribution in [2.24, 2.45) is 5.92 Å². The molecule has 1 heterocycles. The number of amides is 1. The summed E-state index contributed by atoms with van der Waals surface area (Å²) in [5, 5.41) is 5.82. The van der Waals surface area contributed by atoms with Crippen LogP contribution in [0.3, 0.4) is 0 Å². The van der Waals surface area contributed by atoms with Gasteiger partial charge in [-0.05, 0) is 32.6 Å². The maximum atomic E-state index is 12.5. The Bertz CT molecular complexity index is 348. The Morgan fingerprint density at radius 2 is 1.90 bits per heavy atom. The number of ether oxygens (including phenoxy) is 1. The maximum absolute atomic E-state index is 12.5. The Morgan fingerprint density at radius 1 is 1.30 bits per heavy atom. The molecule has 116 valence electrons. The van der Waals surface area contributed by atoms with Crippen LogP contribution in [-0.4, -0.2) is 43.4 Å². The molecule has 0 radical (unpaired) electrons. The number of hydrogen-bond acceptors (Lipinski definition) is 3. The van der Waals surface area contributed by atoms with Crippen LogP contribution in [-0.2, 0) is 9.53 Å². The van der Waals surface area contributed by atoms with Gasteiger partial charge in [0.1, 0.15) is 6.61 Å². The molecular weight excluding hydrogens is 273 g/mol. The average molecular weight is 294 g/mol. The Labute approximate surface area is 116 Å². The minimum Gasteiger partial charge on any atom is -0.363 e. The van der Waals surface area contributed by atoms with E-state index in [9.17, 15) is 18.0 Å². The number of carbonyl (C=O) groups excluding carboxylic acids is 1. The van der Waals surface area contributed by atoms with Crippen LogP contribution in [0.1, 0.15) is 32.6 Å². The smallest absolute Gasteiger partial charge is 0.363 e. The van der Waals surface area contributed by atoms with Gasteiger partial charge in [0.15, 0.2) is 0 Å². The Morgan fingerprint density at radius 3 is 2.35 bits per heavy atom. The molecule has 2 rings (SSSR count). The third kappa shape index (κ3) is 4.09. The van der Waals surface area contributed by atoms with E-state index < -0.39 is 12.1 Å². The highest BCUT2D eigenvalue weighted by atomic mass is 19.4. The number of halogens is 3. The molecule has 1 saturated carbocycles. The highest BCUT2D eigenvalue weighted by Gasteiger charge is 2.41. The molecule has 20 heavy (non-hydrogen) atoms. The van der Waals surface area contributed by atoms with E-state index in [0.29, 0.717) is 12.8 Å². The topological polar surface area (TPSA) is 50.4 Å². The SMILES string of the molecule is CC1(OCC(=O)NC2CCC(C(F)(F)F)CC2)CNC1. The minimum atomic E-state index is -4.11. The largest absolute Gasteiger partial charge is 0.391 e. The van der Waals surface area contributed by atoms with Gasteiger partial charge in [0.25, 0.3) is 0 Å². The molecule has 1 saturated heterocycles. The summed E-state index contributed by atoms with van der Waals surface area (Å²) >= 11 is 0. The minimum absolute atomic E-state index is 0.0304. The van der Waals surface area contributed by atoms with Gasteiger partial charge in [-0.15, -0.1) is 0 Å². The van der Waals surface area contributed by atoms with Gasteiger partial charge in [-0.1, -0.05) is 0 Å². The highest BCUT2D eigenvalue weighted by Crippen LogP contribution is 2.37. The first-order valence-electron chi connectivity index (χ1n) is 6.99. The molecule has 2 fully saturated rings. The lowest BCUT2D eigenvalue weighted by atomic mass is 9.85. The molecule has 0 aromatic heterocycles. The van der Waals surface area contributed by atoms with Gasteiger partial charge in [0.05, 0.1) is 11.5 Å². The highest BCUT2D eigenvalue weighted by molar-refractivity contribution is 5.77. The second kappa shape index (κ2) is 5.89. The molecule has 0 bridgehead atoms. The van der Waals surface area contributed by atoms with Crippen molar-refractivity contribution in [2.45, 2.75) is 50.4 Å². The number of alkyl halides is 3. The monoisotopic (exact) mass is 294 g/mol. The maximum Gasteiger partial charge on any atom is 0.391 e. The lowest BCUT2D eigenvalue weighted by Crippen LogP contribution is -2.59. The lowest BCUT2D eigenvalue weighted by molar-refractivity contribution is -0.182. The molecule has 0 unspecified atom stereocenters. The number of hydrogen-bond donors (Lipinski definition) is 2. The van der Waals surface area contributed by atoms with Crippen LogP contribution >= 0.6 is 0 Å². The van der Waals surface area contributed by atoms with Crippen LogP contribution in [0.15, 0.2) is 0 Å². The van der Waals surface area contributed by atoms with E-state index >= 15 is 0 Å². The molecule has 4 nitrogen and oxygen atoms in total. The van der Waals surface area contributed by atoms with Gasteiger partial charge in [-0.25, -0.2) is 0 Å². The molecule has 1 aliphatic heterocycles. The van der Waals surface area contributed by atoms with Crippen molar-refractivity contribution in [3.05, 3.63) is 0 Å². The molecule has 2 N–H and O–H groups in total. The molecule has 1 aliphatic carbocycles. The normalized spacial score (nSPS) is 29.6. The number of nitrogens with one attached hydrogen (secondary N) is 2. The molecule has 2 aliphatic rings. The van der Waals surface area contributed by atoms with Crippen molar-refractivity contribution in [1.82, 2.24) is 10.6 Å². The van der Waals surface area contributed by atoms with E-state index in [4.69, 9.17) is 4.74 Å². The van der Waals surface area contributed by atoms with E-state index in [1.807, 2.05) is 6.92 Å². The first kappa shape index (κ1) is 15.6. The van der Waals surface area contributed by atoms with Crippen LogP contribution in [0, 0.1) is 5.92 Å². The summed E-state index contributed by atoms with van der Waals surface area (Å²) in [4.78, 5) is 11.7. The van der Waals surface area contributed by atoms with E-state index in [2.05, 4.69) is 10.6 Å². The molecule has 0 atom stereocenters. The van der Waals surface area contributed by atoms with Crippen molar-refractivity contribution in [1.29, 1.82) is 0 Å². The summed E-state index contributed by atoms with van der Waals surface area (Å²) in [7, 11) is 0. The first-order valence-corrected chi connectivity index (χ1v) is 6.99. The zero-order valence-electron chi connectivity index (χ0n) is 11.6. The van der Waals surface area contributed by atoms with E-state index in [0.717, 1.165) is 13.1 Å². The summed E-state index contributed by atoms with van der Waals surface area (Å²) < 4.78 is 43.0. The van der Waals surface area contributed by atoms with Gasteiger partial charge in [0, 0.05) is 19.1 Å². The summed E-state index contributed by atoms with van der Waals surface area (Å²) in [6.45, 7) is 3.33. The molecule has 7 heteroatoms. The number of rotatable bonds is 4. The van der Waals surface area contributed by atoms with Crippen LogP contribution in [0.25, 0.3) is 0 Å². The van der Waals surface area contributed by atoms with Crippen molar-refractivity contribution in [2.75, 3.05) is 19.7 Å². The predicted octanol–water partition coefficient (Wildman–Crippen LogP) is 1.60. The van der Waals surface area contributed by atoms with Crippen LogP contribution in [0.2, 0.25) is 0 Å². The van der Waals surface area contributed by atoms with Gasteiger partial charge in [0.2, 0.25) is 5.91 Å². The number of carbonyl (C=O) groups is 1. The van der Waals surface area contributed by atoms with Crippen LogP contribution < -0.4 is 10.6 Å². The summed E-state index contributed by atoms with van der Waals surface area (Å²) in [5.74, 6) is -1.46. The Hall–Kier alpha value is -0.820. The van der Waals surface area contributed by atoms with E-state index in [-0.39, 0.29) is 37.0 Å². The van der Waals surface area contributed by atoms with Gasteiger partial charge in [-0.2, -0.15) is 13.2 Å². The third-order valence-corrected chi connectivity index (χ3v) is 4.10. The zero-order chi connectivity index (χ0) is 14.8. The Balaban J connectivity index is 1.66. The van der Waals surface area contributed by atoms with Crippen LogP contribution in [0.5, 0.6) is 0 Å². The summed E-state index contributed by atoms with van der Waals surface area (Å²) in [6, 6.07) is -0.156. The fraction of sp³-hybridized carbons (Fsp3) is 0.923. The second-order valence-electron chi connectivity index (χ2n) is 6.00. The molecule has 0 spiro atoms. The fourth-order valence-electron chi connectivity index (χ4n) is 2.65. The van der Waals surface area contributed by atoms with Gasteiger partial charge >= 0.3 is 6.18 Å². The molecular formula is C13H21F3N2O2. The van der Waals surface area contributed by atoms with Gasteiger partial charge in [-0.3, -0.25) is 4.79 Å². The van der Waals surface area contributed by atoms with Crippen molar-refractivity contribution in [3.63, 3.8) is 0 Å². The molecule has 1 amide bonds. The van der Waals surface area contributed by atoms with Crippen molar-refractivity contribution >= 4 is 5.91 Å². The van der Waals surface area contributed by atoms with Crippen molar-refractivity contribution in [3.8, 4) is 0 Å². The van der Waals surface area contributed by atoms with Crippen molar-refractivity contribution < 1.29 is 22.7 Å². The van der Waals surface area contributed by atoms with Crippen LogP contribution in [0.4, 0.5) is 13.2 Å². The first-order chi connectivity index (χ1) is 9.28. The average Bonchev–Trinajstić information content (AvgIpc) is 2.33. The summed E-state index contributed by atoms with van der Waals surface area (Å²) in [6.07, 6.45) is -3.15. The predicted molar refractivity (Wildman–Crippen MR) is 67.2 cm³/mol. The second-order valence-corrected chi connectivity index (χ2v) is 6.00. The molecule has 0 aromatic rings. The van der Waals surface area contributed by atoms with E-state index in [1.165, 1.54) is 0 Å².